The fraction of sp³-hybridized carbons (Fsp3) is 0.286. The summed E-state index contributed by atoms with van der Waals surface area (Å²) in [6.07, 6.45) is 8.53. The van der Waals surface area contributed by atoms with E-state index in [1.165, 1.54) is 0 Å². The molecule has 0 radical (unpaired) electrons. The van der Waals surface area contributed by atoms with Gasteiger partial charge in [0.1, 0.15) is 0 Å². The molecule has 0 aliphatic carbocycles. The van der Waals surface area contributed by atoms with Crippen molar-refractivity contribution in [2.45, 2.75) is 6.42 Å². The molecular formula is C7H10N2S. The van der Waals surface area contributed by atoms with Crippen molar-refractivity contribution in [1.82, 2.24) is 9.97 Å². The molecule has 0 aliphatic heterocycles. The maximum absolute atomic E-state index is 4.07. The van der Waals surface area contributed by atoms with Crippen LogP contribution in [-0.4, -0.2) is 15.7 Å². The van der Waals surface area contributed by atoms with Crippen LogP contribution in [0.3, 0.4) is 0 Å². The average Bonchev–Trinajstić information content (AvgIpc) is 2.41. The second-order valence-electron chi connectivity index (χ2n) is 1.92. The third-order valence-corrected chi connectivity index (χ3v) is 1.37. The largest absolute Gasteiger partial charge is 0.345 e. The summed E-state index contributed by atoms with van der Waals surface area (Å²) in [6.45, 7) is 0. The molecule has 1 aromatic heterocycles. The molecule has 0 saturated carbocycles. The first kappa shape index (κ1) is 7.41. The molecule has 0 aromatic carbocycles. The Morgan fingerprint density at radius 1 is 1.70 bits per heavy atom. The Bertz CT molecular complexity index is 191. The average molecular weight is 154 g/mol. The molecule has 1 aromatic rings. The minimum atomic E-state index is 0.893. The first-order valence-corrected chi connectivity index (χ1v) is 3.82. The van der Waals surface area contributed by atoms with Crippen molar-refractivity contribution >= 4 is 18.7 Å². The summed E-state index contributed by atoms with van der Waals surface area (Å²) in [6, 6.07) is 0. The lowest BCUT2D eigenvalue weighted by molar-refractivity contribution is 1.25. The molecule has 1 heterocycles. The molecule has 0 aliphatic rings. The van der Waals surface area contributed by atoms with Gasteiger partial charge < -0.3 is 4.98 Å². The molecule has 0 spiro atoms. The second-order valence-corrected chi connectivity index (χ2v) is 2.37. The van der Waals surface area contributed by atoms with Gasteiger partial charge in [-0.15, -0.1) is 0 Å². The van der Waals surface area contributed by atoms with E-state index < -0.39 is 0 Å². The molecule has 2 nitrogen and oxygen atoms in total. The van der Waals surface area contributed by atoms with Gasteiger partial charge in [-0.25, -0.2) is 4.98 Å². The highest BCUT2D eigenvalue weighted by Gasteiger charge is 1.82. The van der Waals surface area contributed by atoms with E-state index in [-0.39, 0.29) is 0 Å². The van der Waals surface area contributed by atoms with E-state index in [1.807, 2.05) is 6.08 Å². The topological polar surface area (TPSA) is 28.7 Å². The van der Waals surface area contributed by atoms with Crippen LogP contribution in [0.2, 0.25) is 0 Å². The summed E-state index contributed by atoms with van der Waals surface area (Å²) in [5, 5.41) is 0. The number of aromatic nitrogens is 2. The summed E-state index contributed by atoms with van der Waals surface area (Å²) in [4.78, 5) is 6.85. The van der Waals surface area contributed by atoms with Crippen molar-refractivity contribution in [2.75, 3.05) is 5.75 Å². The van der Waals surface area contributed by atoms with Crippen molar-refractivity contribution < 1.29 is 0 Å². The smallest absolute Gasteiger partial charge is 0.0924 e. The van der Waals surface area contributed by atoms with Gasteiger partial charge in [-0.05, 0) is 18.2 Å². The third-order valence-electron chi connectivity index (χ3n) is 1.11. The molecule has 3 heteroatoms. The molecule has 0 fully saturated rings. The Hall–Kier alpha value is -0.700. The van der Waals surface area contributed by atoms with Crippen LogP contribution in [0, 0.1) is 0 Å². The van der Waals surface area contributed by atoms with Crippen LogP contribution in [-0.2, 0) is 0 Å². The summed E-state index contributed by atoms with van der Waals surface area (Å²) < 4.78 is 0. The van der Waals surface area contributed by atoms with Gasteiger partial charge in [0.2, 0.25) is 0 Å². The number of aromatic amines is 1. The number of nitrogens with zero attached hydrogens (tertiary/aromatic N) is 1. The lowest BCUT2D eigenvalue weighted by Crippen LogP contribution is -1.69. The summed E-state index contributed by atoms with van der Waals surface area (Å²) in [5.41, 5.74) is 1.04. The summed E-state index contributed by atoms with van der Waals surface area (Å²) in [5.74, 6) is 0.893. The quantitative estimate of drug-likeness (QED) is 0.638. The standard InChI is InChI=1S/C7H10N2S/c10-4-2-1-3-7-5-8-6-9-7/h1,3,5-6,10H,2,4H2,(H,8,9). The van der Waals surface area contributed by atoms with Crippen LogP contribution in [0.1, 0.15) is 12.1 Å². The Kier molecular flexibility index (Phi) is 3.09. The van der Waals surface area contributed by atoms with Crippen LogP contribution < -0.4 is 0 Å². The fourth-order valence-corrected chi connectivity index (χ4v) is 0.792. The minimum absolute atomic E-state index is 0.893. The highest BCUT2D eigenvalue weighted by Crippen LogP contribution is 1.96. The van der Waals surface area contributed by atoms with Crippen molar-refractivity contribution in [1.29, 1.82) is 0 Å². The van der Waals surface area contributed by atoms with Crippen molar-refractivity contribution in [3.8, 4) is 0 Å². The Morgan fingerprint density at radius 3 is 3.20 bits per heavy atom. The normalized spacial score (nSPS) is 10.9. The van der Waals surface area contributed by atoms with Crippen molar-refractivity contribution in [2.24, 2.45) is 0 Å². The zero-order chi connectivity index (χ0) is 7.23. The predicted octanol–water partition coefficient (Wildman–Crippen LogP) is 1.74. The second kappa shape index (κ2) is 4.17. The highest BCUT2D eigenvalue weighted by atomic mass is 32.1. The van der Waals surface area contributed by atoms with Crippen LogP contribution in [0.4, 0.5) is 0 Å². The SMILES string of the molecule is SCCC=Cc1cnc[nH]1. The van der Waals surface area contributed by atoms with Crippen LogP contribution in [0.25, 0.3) is 6.08 Å². The van der Waals surface area contributed by atoms with Crippen LogP contribution in [0.5, 0.6) is 0 Å². The zero-order valence-corrected chi connectivity index (χ0v) is 6.51. The lowest BCUT2D eigenvalue weighted by atomic mass is 10.3. The molecule has 54 valence electrons. The molecule has 0 amide bonds. The van der Waals surface area contributed by atoms with Crippen LogP contribution >= 0.6 is 12.6 Å². The van der Waals surface area contributed by atoms with E-state index in [0.717, 1.165) is 17.9 Å². The maximum atomic E-state index is 4.07. The predicted molar refractivity (Wildman–Crippen MR) is 46.1 cm³/mol. The first-order valence-electron chi connectivity index (χ1n) is 3.19. The highest BCUT2D eigenvalue weighted by molar-refractivity contribution is 7.80. The summed E-state index contributed by atoms with van der Waals surface area (Å²) in [7, 11) is 0. The fourth-order valence-electron chi connectivity index (χ4n) is 0.643. The van der Waals surface area contributed by atoms with E-state index in [0.29, 0.717) is 0 Å². The zero-order valence-electron chi connectivity index (χ0n) is 5.62. The maximum Gasteiger partial charge on any atom is 0.0924 e. The third kappa shape index (κ3) is 2.27. The van der Waals surface area contributed by atoms with Gasteiger partial charge in [0.25, 0.3) is 0 Å². The van der Waals surface area contributed by atoms with Gasteiger partial charge in [-0.3, -0.25) is 0 Å². The number of nitrogens with one attached hydrogen (secondary N) is 1. The van der Waals surface area contributed by atoms with E-state index in [2.05, 4.69) is 28.7 Å². The number of allylic oxidation sites excluding steroid dienone is 1. The van der Waals surface area contributed by atoms with Gasteiger partial charge in [-0.2, -0.15) is 12.6 Å². The number of hydrogen-bond acceptors (Lipinski definition) is 2. The van der Waals surface area contributed by atoms with Gasteiger partial charge in [0.05, 0.1) is 18.2 Å². The van der Waals surface area contributed by atoms with E-state index >= 15 is 0 Å². The molecule has 0 bridgehead atoms. The molecule has 0 saturated heterocycles. The molecular weight excluding hydrogens is 144 g/mol. The molecule has 0 atom stereocenters. The van der Waals surface area contributed by atoms with Crippen molar-refractivity contribution in [3.63, 3.8) is 0 Å². The molecule has 1 N–H and O–H groups in total. The number of thiol groups is 1. The number of imidazole rings is 1. The van der Waals surface area contributed by atoms with E-state index in [9.17, 15) is 0 Å². The van der Waals surface area contributed by atoms with Crippen molar-refractivity contribution in [3.05, 3.63) is 24.3 Å². The van der Waals surface area contributed by atoms with Gasteiger partial charge in [-0.1, -0.05) is 6.08 Å². The monoisotopic (exact) mass is 154 g/mol. The van der Waals surface area contributed by atoms with Gasteiger partial charge in [0.15, 0.2) is 0 Å². The number of H-pyrrole nitrogens is 1. The van der Waals surface area contributed by atoms with Gasteiger partial charge in [0, 0.05) is 0 Å². The van der Waals surface area contributed by atoms with E-state index in [1.54, 1.807) is 12.5 Å². The molecule has 0 unspecified atom stereocenters. The van der Waals surface area contributed by atoms with Crippen LogP contribution in [0.15, 0.2) is 18.6 Å². The first-order chi connectivity index (χ1) is 4.93. The number of hydrogen-bond donors (Lipinski definition) is 2. The number of rotatable bonds is 3. The Morgan fingerprint density at radius 2 is 2.60 bits per heavy atom. The Balaban J connectivity index is 2.40. The minimum Gasteiger partial charge on any atom is -0.345 e. The Labute approximate surface area is 65.8 Å². The van der Waals surface area contributed by atoms with Gasteiger partial charge >= 0.3 is 0 Å². The molecule has 10 heavy (non-hydrogen) atoms. The lowest BCUT2D eigenvalue weighted by Gasteiger charge is -1.82. The van der Waals surface area contributed by atoms with E-state index in [4.69, 9.17) is 0 Å². The summed E-state index contributed by atoms with van der Waals surface area (Å²) >= 11 is 4.07. The molecule has 1 rings (SSSR count).